The molecule has 2 nitrogen and oxygen atoms in total. The van der Waals surface area contributed by atoms with Crippen molar-refractivity contribution < 1.29 is 4.74 Å². The third kappa shape index (κ3) is 4.76. The highest BCUT2D eigenvalue weighted by Crippen LogP contribution is 2.20. The largest absolute Gasteiger partial charge is 0.491 e. The summed E-state index contributed by atoms with van der Waals surface area (Å²) in [4.78, 5) is 0. The van der Waals surface area contributed by atoms with Gasteiger partial charge in [-0.05, 0) is 50.1 Å². The fraction of sp³-hybridized carbons (Fsp3) is 0.333. The van der Waals surface area contributed by atoms with Crippen molar-refractivity contribution in [2.45, 2.75) is 39.5 Å². The zero-order chi connectivity index (χ0) is 15.2. The predicted octanol–water partition coefficient (Wildman–Crippen LogP) is 4.98. The van der Waals surface area contributed by atoms with Gasteiger partial charge in [-0.2, -0.15) is 0 Å². The van der Waals surface area contributed by atoms with Crippen LogP contribution in [-0.4, -0.2) is 6.10 Å². The van der Waals surface area contributed by atoms with Gasteiger partial charge >= 0.3 is 0 Å². The van der Waals surface area contributed by atoms with Gasteiger partial charge in [-0.15, -0.1) is 0 Å². The van der Waals surface area contributed by atoms with Gasteiger partial charge in [0.05, 0.1) is 6.10 Å². The molecular formula is C18H22ClNO. The number of benzene rings is 2. The van der Waals surface area contributed by atoms with Crippen LogP contribution < -0.4 is 10.1 Å². The van der Waals surface area contributed by atoms with Crippen LogP contribution in [0.2, 0.25) is 5.02 Å². The van der Waals surface area contributed by atoms with Gasteiger partial charge in [0.1, 0.15) is 5.75 Å². The molecule has 0 spiro atoms. The summed E-state index contributed by atoms with van der Waals surface area (Å²) in [6.07, 6.45) is 0.201. The van der Waals surface area contributed by atoms with E-state index < -0.39 is 0 Å². The molecule has 0 amide bonds. The summed E-state index contributed by atoms with van der Waals surface area (Å²) in [7, 11) is 0. The second-order valence-corrected chi connectivity index (χ2v) is 5.84. The Balaban J connectivity index is 1.94. The van der Waals surface area contributed by atoms with Crippen LogP contribution in [0.15, 0.2) is 48.5 Å². The molecule has 0 aliphatic rings. The first-order valence-corrected chi connectivity index (χ1v) is 7.67. The molecule has 3 heteroatoms. The van der Waals surface area contributed by atoms with Crippen molar-refractivity contribution in [2.24, 2.45) is 0 Å². The van der Waals surface area contributed by atoms with E-state index in [-0.39, 0.29) is 12.1 Å². The Morgan fingerprint density at radius 2 is 1.67 bits per heavy atom. The van der Waals surface area contributed by atoms with Gasteiger partial charge in [0.15, 0.2) is 0 Å². The molecule has 2 rings (SSSR count). The van der Waals surface area contributed by atoms with Gasteiger partial charge < -0.3 is 10.1 Å². The van der Waals surface area contributed by atoms with Crippen LogP contribution in [0, 0.1) is 0 Å². The summed E-state index contributed by atoms with van der Waals surface area (Å²) >= 11 is 6.17. The van der Waals surface area contributed by atoms with Crippen molar-refractivity contribution in [3.8, 4) is 5.75 Å². The minimum atomic E-state index is 0.201. The smallest absolute Gasteiger partial charge is 0.119 e. The number of hydrogen-bond donors (Lipinski definition) is 1. The molecule has 0 saturated heterocycles. The van der Waals surface area contributed by atoms with Crippen molar-refractivity contribution in [3.63, 3.8) is 0 Å². The van der Waals surface area contributed by atoms with Gasteiger partial charge in [-0.3, -0.25) is 0 Å². The van der Waals surface area contributed by atoms with E-state index in [1.54, 1.807) is 0 Å². The highest BCUT2D eigenvalue weighted by Gasteiger charge is 2.07. The van der Waals surface area contributed by atoms with E-state index in [9.17, 15) is 0 Å². The topological polar surface area (TPSA) is 21.3 Å². The molecule has 0 heterocycles. The summed E-state index contributed by atoms with van der Waals surface area (Å²) in [5.74, 6) is 0.909. The van der Waals surface area contributed by atoms with Gasteiger partial charge in [0.2, 0.25) is 0 Å². The Bertz CT molecular complexity index is 566. The third-order valence-corrected chi connectivity index (χ3v) is 3.68. The normalized spacial score (nSPS) is 12.4. The Morgan fingerprint density at radius 1 is 1.00 bits per heavy atom. The standard InChI is InChI=1S/C18H22ClNO/c1-13(2)21-17-10-8-15(9-11-17)14(3)20-12-16-6-4-5-7-18(16)19/h4-11,13-14,20H,12H2,1-3H3. The maximum atomic E-state index is 6.17. The minimum Gasteiger partial charge on any atom is -0.491 e. The van der Waals surface area contributed by atoms with E-state index >= 15 is 0 Å². The van der Waals surface area contributed by atoms with Gasteiger partial charge in [0.25, 0.3) is 0 Å². The molecule has 0 aromatic heterocycles. The Labute approximate surface area is 132 Å². The Kier molecular flexibility index (Phi) is 5.66. The number of nitrogens with one attached hydrogen (secondary N) is 1. The molecule has 2 aromatic rings. The average molecular weight is 304 g/mol. The second-order valence-electron chi connectivity index (χ2n) is 5.43. The van der Waals surface area contributed by atoms with Crippen molar-refractivity contribution in [1.82, 2.24) is 5.32 Å². The molecule has 0 aliphatic carbocycles. The Morgan fingerprint density at radius 3 is 2.29 bits per heavy atom. The molecule has 1 atom stereocenters. The van der Waals surface area contributed by atoms with E-state index in [2.05, 4.69) is 24.4 Å². The molecule has 1 unspecified atom stereocenters. The fourth-order valence-corrected chi connectivity index (χ4v) is 2.33. The molecular weight excluding hydrogens is 282 g/mol. The van der Waals surface area contributed by atoms with Crippen LogP contribution in [0.25, 0.3) is 0 Å². The molecule has 2 aromatic carbocycles. The van der Waals surface area contributed by atoms with Crippen molar-refractivity contribution in [1.29, 1.82) is 0 Å². The summed E-state index contributed by atoms with van der Waals surface area (Å²) < 4.78 is 5.66. The number of halogens is 1. The van der Waals surface area contributed by atoms with Gasteiger partial charge in [-0.1, -0.05) is 41.9 Å². The van der Waals surface area contributed by atoms with E-state index in [0.717, 1.165) is 22.9 Å². The fourth-order valence-electron chi connectivity index (χ4n) is 2.13. The quantitative estimate of drug-likeness (QED) is 0.813. The highest BCUT2D eigenvalue weighted by molar-refractivity contribution is 6.31. The van der Waals surface area contributed by atoms with E-state index in [1.807, 2.05) is 50.2 Å². The van der Waals surface area contributed by atoms with E-state index in [4.69, 9.17) is 16.3 Å². The summed E-state index contributed by atoms with van der Waals surface area (Å²) in [5.41, 5.74) is 2.35. The van der Waals surface area contributed by atoms with Gasteiger partial charge in [-0.25, -0.2) is 0 Å². The molecule has 21 heavy (non-hydrogen) atoms. The highest BCUT2D eigenvalue weighted by atomic mass is 35.5. The third-order valence-electron chi connectivity index (χ3n) is 3.31. The predicted molar refractivity (Wildman–Crippen MR) is 88.9 cm³/mol. The second kappa shape index (κ2) is 7.48. The maximum Gasteiger partial charge on any atom is 0.119 e. The first kappa shape index (κ1) is 15.9. The number of rotatable bonds is 6. The summed E-state index contributed by atoms with van der Waals surface area (Å²) in [5, 5.41) is 4.29. The Hall–Kier alpha value is -1.51. The van der Waals surface area contributed by atoms with E-state index in [0.29, 0.717) is 0 Å². The molecule has 0 bridgehead atoms. The first-order chi connectivity index (χ1) is 10.1. The SMILES string of the molecule is CC(C)Oc1ccc(C(C)NCc2ccccc2Cl)cc1. The molecule has 0 radical (unpaired) electrons. The van der Waals surface area contributed by atoms with Crippen LogP contribution in [0.3, 0.4) is 0 Å². The lowest BCUT2D eigenvalue weighted by molar-refractivity contribution is 0.242. The van der Waals surface area contributed by atoms with E-state index in [1.165, 1.54) is 5.56 Å². The molecule has 1 N–H and O–H groups in total. The lowest BCUT2D eigenvalue weighted by Crippen LogP contribution is -2.18. The summed E-state index contributed by atoms with van der Waals surface area (Å²) in [6, 6.07) is 16.4. The molecule has 112 valence electrons. The van der Waals surface area contributed by atoms with Crippen LogP contribution in [-0.2, 0) is 6.54 Å². The first-order valence-electron chi connectivity index (χ1n) is 7.29. The van der Waals surface area contributed by atoms with Crippen LogP contribution in [0.5, 0.6) is 5.75 Å². The molecule has 0 fully saturated rings. The number of hydrogen-bond acceptors (Lipinski definition) is 2. The van der Waals surface area contributed by atoms with Gasteiger partial charge in [0, 0.05) is 17.6 Å². The lowest BCUT2D eigenvalue weighted by Gasteiger charge is -2.16. The maximum absolute atomic E-state index is 6.17. The average Bonchev–Trinajstić information content (AvgIpc) is 2.46. The van der Waals surface area contributed by atoms with Crippen molar-refractivity contribution in [2.75, 3.05) is 0 Å². The summed E-state index contributed by atoms with van der Waals surface area (Å²) in [6.45, 7) is 6.96. The molecule has 0 aliphatic heterocycles. The van der Waals surface area contributed by atoms with Crippen molar-refractivity contribution in [3.05, 3.63) is 64.7 Å². The van der Waals surface area contributed by atoms with Crippen molar-refractivity contribution >= 4 is 11.6 Å². The zero-order valence-electron chi connectivity index (χ0n) is 12.8. The number of ether oxygens (including phenoxy) is 1. The van der Waals surface area contributed by atoms with Crippen LogP contribution in [0.4, 0.5) is 0 Å². The van der Waals surface area contributed by atoms with Crippen LogP contribution in [0.1, 0.15) is 37.9 Å². The minimum absolute atomic E-state index is 0.201. The van der Waals surface area contributed by atoms with Crippen LogP contribution >= 0.6 is 11.6 Å². The zero-order valence-corrected chi connectivity index (χ0v) is 13.5. The monoisotopic (exact) mass is 303 g/mol. The molecule has 0 saturated carbocycles. The lowest BCUT2D eigenvalue weighted by atomic mass is 10.1.